The van der Waals surface area contributed by atoms with Crippen molar-refractivity contribution in [3.63, 3.8) is 0 Å². The molecule has 0 saturated carbocycles. The second-order valence-electron chi connectivity index (χ2n) is 6.72. The predicted molar refractivity (Wildman–Crippen MR) is 89.5 cm³/mol. The van der Waals surface area contributed by atoms with Crippen LogP contribution < -0.4 is 4.74 Å². The second kappa shape index (κ2) is 7.99. The first kappa shape index (κ1) is 17.2. The zero-order valence-electron chi connectivity index (χ0n) is 14.0. The van der Waals surface area contributed by atoms with E-state index in [9.17, 15) is 9.90 Å². The molecule has 0 radical (unpaired) electrons. The zero-order valence-corrected chi connectivity index (χ0v) is 14.0. The largest absolute Gasteiger partial charge is 0.494 e. The van der Waals surface area contributed by atoms with E-state index in [2.05, 4.69) is 0 Å². The summed E-state index contributed by atoms with van der Waals surface area (Å²) < 4.78 is 16.5. The number of aliphatic carboxylic acids is 1. The molecule has 0 unspecified atom stereocenters. The fourth-order valence-electron chi connectivity index (χ4n) is 3.59. The molecule has 5 heteroatoms. The van der Waals surface area contributed by atoms with Gasteiger partial charge in [-0.25, -0.2) is 0 Å². The molecule has 2 aliphatic heterocycles. The summed E-state index contributed by atoms with van der Waals surface area (Å²) in [7, 11) is 0. The van der Waals surface area contributed by atoms with Gasteiger partial charge in [0.1, 0.15) is 5.75 Å². The summed E-state index contributed by atoms with van der Waals surface area (Å²) in [6, 6.07) is 7.56. The molecule has 2 saturated heterocycles. The van der Waals surface area contributed by atoms with Gasteiger partial charge in [-0.3, -0.25) is 4.79 Å². The minimum atomic E-state index is -0.821. The standard InChI is InChI=1S/C19H26O5/c20-18(21)19(8-13-23-14-9-19)16-1-3-17(4-2-16)24-12-7-15-5-10-22-11-6-15/h1-4,15H,5-14H2,(H,20,21). The van der Waals surface area contributed by atoms with E-state index < -0.39 is 11.4 Å². The van der Waals surface area contributed by atoms with Gasteiger partial charge in [0, 0.05) is 26.4 Å². The SMILES string of the molecule is O=C(O)C1(c2ccc(OCCC3CCOCC3)cc2)CCOCC1. The van der Waals surface area contributed by atoms with Crippen LogP contribution in [0, 0.1) is 5.92 Å². The highest BCUT2D eigenvalue weighted by molar-refractivity contribution is 5.81. The van der Waals surface area contributed by atoms with Crippen molar-refractivity contribution in [1.82, 2.24) is 0 Å². The van der Waals surface area contributed by atoms with Gasteiger partial charge in [0.25, 0.3) is 0 Å². The fourth-order valence-corrected chi connectivity index (χ4v) is 3.59. The molecule has 0 aromatic heterocycles. The van der Waals surface area contributed by atoms with Gasteiger partial charge in [-0.2, -0.15) is 0 Å². The molecule has 0 bridgehead atoms. The lowest BCUT2D eigenvalue weighted by Gasteiger charge is -2.33. The van der Waals surface area contributed by atoms with Crippen molar-refractivity contribution < 1.29 is 24.1 Å². The molecule has 2 fully saturated rings. The van der Waals surface area contributed by atoms with Crippen molar-refractivity contribution in [2.45, 2.75) is 37.5 Å². The summed E-state index contributed by atoms with van der Waals surface area (Å²) in [5.74, 6) is 0.730. The number of benzene rings is 1. The van der Waals surface area contributed by atoms with Gasteiger partial charge in [0.2, 0.25) is 0 Å². The van der Waals surface area contributed by atoms with Crippen LogP contribution in [0.5, 0.6) is 5.75 Å². The molecule has 1 aromatic rings. The minimum Gasteiger partial charge on any atom is -0.494 e. The van der Waals surface area contributed by atoms with Crippen LogP contribution in [0.1, 0.15) is 37.7 Å². The molecule has 0 spiro atoms. The Morgan fingerprint density at radius 2 is 1.71 bits per heavy atom. The van der Waals surface area contributed by atoms with E-state index in [1.165, 1.54) is 0 Å². The first-order chi connectivity index (χ1) is 11.7. The van der Waals surface area contributed by atoms with Crippen LogP contribution in [0.15, 0.2) is 24.3 Å². The summed E-state index contributed by atoms with van der Waals surface area (Å²) in [6.07, 6.45) is 4.32. The smallest absolute Gasteiger partial charge is 0.314 e. The molecule has 2 heterocycles. The van der Waals surface area contributed by atoms with Crippen molar-refractivity contribution in [2.24, 2.45) is 5.92 Å². The number of hydrogen-bond donors (Lipinski definition) is 1. The summed E-state index contributed by atoms with van der Waals surface area (Å²) in [4.78, 5) is 11.8. The summed E-state index contributed by atoms with van der Waals surface area (Å²) in [5.41, 5.74) is 0.0221. The quantitative estimate of drug-likeness (QED) is 0.866. The maximum Gasteiger partial charge on any atom is 0.314 e. The summed E-state index contributed by atoms with van der Waals surface area (Å²) >= 11 is 0. The van der Waals surface area contributed by atoms with Gasteiger partial charge in [-0.1, -0.05) is 12.1 Å². The average molecular weight is 334 g/mol. The van der Waals surface area contributed by atoms with E-state index in [0.29, 0.717) is 38.6 Å². The Kier molecular flexibility index (Phi) is 5.74. The maximum absolute atomic E-state index is 11.8. The van der Waals surface area contributed by atoms with E-state index in [0.717, 1.165) is 43.8 Å². The van der Waals surface area contributed by atoms with Crippen LogP contribution in [-0.2, 0) is 19.7 Å². The molecule has 1 N–H and O–H groups in total. The highest BCUT2D eigenvalue weighted by atomic mass is 16.5. The summed E-state index contributed by atoms with van der Waals surface area (Å²) in [6.45, 7) is 3.41. The molecule has 132 valence electrons. The molecule has 1 aromatic carbocycles. The van der Waals surface area contributed by atoms with Gasteiger partial charge in [-0.05, 0) is 55.7 Å². The van der Waals surface area contributed by atoms with Gasteiger partial charge >= 0.3 is 5.97 Å². The third-order valence-corrected chi connectivity index (χ3v) is 5.30. The topological polar surface area (TPSA) is 65.0 Å². The number of carboxylic acids is 1. The normalized spacial score (nSPS) is 21.3. The van der Waals surface area contributed by atoms with Gasteiger partial charge in [0.15, 0.2) is 0 Å². The monoisotopic (exact) mass is 334 g/mol. The van der Waals surface area contributed by atoms with Crippen LogP contribution in [-0.4, -0.2) is 44.1 Å². The second-order valence-corrected chi connectivity index (χ2v) is 6.72. The lowest BCUT2D eigenvalue weighted by Crippen LogP contribution is -2.41. The Labute approximate surface area is 142 Å². The minimum absolute atomic E-state index is 0.496. The van der Waals surface area contributed by atoms with Crippen LogP contribution in [0.25, 0.3) is 0 Å². The molecule has 0 amide bonds. The van der Waals surface area contributed by atoms with Crippen molar-refractivity contribution in [1.29, 1.82) is 0 Å². The Hall–Kier alpha value is -1.59. The summed E-state index contributed by atoms with van der Waals surface area (Å²) in [5, 5.41) is 9.70. The third kappa shape index (κ3) is 3.90. The highest BCUT2D eigenvalue weighted by Gasteiger charge is 2.41. The van der Waals surface area contributed by atoms with Crippen molar-refractivity contribution >= 4 is 5.97 Å². The molecule has 5 nitrogen and oxygen atoms in total. The third-order valence-electron chi connectivity index (χ3n) is 5.30. The molecule has 3 rings (SSSR count). The van der Waals surface area contributed by atoms with Crippen LogP contribution in [0.2, 0.25) is 0 Å². The van der Waals surface area contributed by atoms with Gasteiger partial charge < -0.3 is 19.3 Å². The lowest BCUT2D eigenvalue weighted by molar-refractivity contribution is -0.147. The maximum atomic E-state index is 11.8. The first-order valence-electron chi connectivity index (χ1n) is 8.83. The van der Waals surface area contributed by atoms with E-state index in [-0.39, 0.29) is 0 Å². The zero-order chi connectivity index (χ0) is 16.8. The number of carboxylic acid groups (broad SMARTS) is 1. The molecule has 2 aliphatic rings. The van der Waals surface area contributed by atoms with E-state index in [1.807, 2.05) is 24.3 Å². The molecular formula is C19H26O5. The van der Waals surface area contributed by atoms with Crippen molar-refractivity contribution in [3.05, 3.63) is 29.8 Å². The number of rotatable bonds is 6. The first-order valence-corrected chi connectivity index (χ1v) is 8.83. The van der Waals surface area contributed by atoms with E-state index in [1.54, 1.807) is 0 Å². The van der Waals surface area contributed by atoms with Gasteiger partial charge in [0.05, 0.1) is 12.0 Å². The fraction of sp³-hybridized carbons (Fsp3) is 0.632. The highest BCUT2D eigenvalue weighted by Crippen LogP contribution is 2.36. The predicted octanol–water partition coefficient (Wildman–Crippen LogP) is 3.01. The average Bonchev–Trinajstić information content (AvgIpc) is 2.64. The van der Waals surface area contributed by atoms with Crippen LogP contribution >= 0.6 is 0 Å². The number of hydrogen-bond acceptors (Lipinski definition) is 4. The Morgan fingerprint density at radius 1 is 1.08 bits per heavy atom. The molecular weight excluding hydrogens is 308 g/mol. The Morgan fingerprint density at radius 3 is 2.33 bits per heavy atom. The van der Waals surface area contributed by atoms with E-state index >= 15 is 0 Å². The van der Waals surface area contributed by atoms with E-state index in [4.69, 9.17) is 14.2 Å². The molecule has 0 aliphatic carbocycles. The Balaban J connectivity index is 1.57. The van der Waals surface area contributed by atoms with Crippen molar-refractivity contribution in [2.75, 3.05) is 33.0 Å². The van der Waals surface area contributed by atoms with Gasteiger partial charge in [-0.15, -0.1) is 0 Å². The number of carbonyl (C=O) groups is 1. The number of ether oxygens (including phenoxy) is 3. The van der Waals surface area contributed by atoms with Crippen LogP contribution in [0.3, 0.4) is 0 Å². The van der Waals surface area contributed by atoms with Crippen molar-refractivity contribution in [3.8, 4) is 5.75 Å². The Bertz CT molecular complexity index is 527. The lowest BCUT2D eigenvalue weighted by atomic mass is 9.74. The van der Waals surface area contributed by atoms with Crippen LogP contribution in [0.4, 0.5) is 0 Å². The molecule has 24 heavy (non-hydrogen) atoms. The molecule has 0 atom stereocenters.